The molecule has 0 atom stereocenters. The van der Waals surface area contributed by atoms with Crippen LogP contribution in [0.25, 0.3) is 0 Å². The first-order chi connectivity index (χ1) is 12.1. The summed E-state index contributed by atoms with van der Waals surface area (Å²) in [6, 6.07) is 14.6. The quantitative estimate of drug-likeness (QED) is 0.556. The molecule has 0 aliphatic heterocycles. The van der Waals surface area contributed by atoms with Crippen molar-refractivity contribution < 1.29 is 19.1 Å². The van der Waals surface area contributed by atoms with Crippen LogP contribution in [0.4, 0.5) is 5.69 Å². The minimum absolute atomic E-state index is 0.0257. The molecule has 1 amide bonds. The van der Waals surface area contributed by atoms with Gasteiger partial charge in [-0.2, -0.15) is 0 Å². The molecule has 0 saturated heterocycles. The average Bonchev–Trinajstić information content (AvgIpc) is 2.60. The first-order valence-corrected chi connectivity index (χ1v) is 8.20. The number of hydrogen-bond donors (Lipinski definition) is 1. The lowest BCUT2D eigenvalue weighted by molar-refractivity contribution is -0.116. The van der Waals surface area contributed by atoms with Crippen LogP contribution in [0.2, 0.25) is 0 Å². The Labute approximate surface area is 148 Å². The van der Waals surface area contributed by atoms with Crippen LogP contribution in [0.5, 0.6) is 5.75 Å². The van der Waals surface area contributed by atoms with Crippen molar-refractivity contribution in [3.05, 3.63) is 59.7 Å². The Morgan fingerprint density at radius 1 is 1.08 bits per heavy atom. The van der Waals surface area contributed by atoms with Crippen molar-refractivity contribution in [2.24, 2.45) is 0 Å². The summed E-state index contributed by atoms with van der Waals surface area (Å²) >= 11 is 0. The molecule has 1 N–H and O–H groups in total. The predicted molar refractivity (Wildman–Crippen MR) is 97.0 cm³/mol. The van der Waals surface area contributed by atoms with Crippen LogP contribution >= 0.6 is 0 Å². The second kappa shape index (κ2) is 9.59. The molecule has 132 valence electrons. The van der Waals surface area contributed by atoms with E-state index in [4.69, 9.17) is 9.47 Å². The number of nitrogens with one attached hydrogen (secondary N) is 1. The second-order valence-corrected chi connectivity index (χ2v) is 5.71. The molecule has 0 saturated carbocycles. The lowest BCUT2D eigenvalue weighted by Crippen LogP contribution is -2.13. The lowest BCUT2D eigenvalue weighted by Gasteiger charge is -2.08. The van der Waals surface area contributed by atoms with Gasteiger partial charge >= 0.3 is 0 Å². The number of amides is 1. The number of anilines is 1. The van der Waals surface area contributed by atoms with Gasteiger partial charge in [-0.25, -0.2) is 0 Å². The Morgan fingerprint density at radius 2 is 1.84 bits per heavy atom. The molecular weight excluding hydrogens is 318 g/mol. The monoisotopic (exact) mass is 341 g/mol. The van der Waals surface area contributed by atoms with Gasteiger partial charge in [0.05, 0.1) is 13.2 Å². The molecule has 5 heteroatoms. The predicted octanol–water partition coefficient (Wildman–Crippen LogP) is 3.83. The molecule has 0 aliphatic carbocycles. The number of ketones is 1. The van der Waals surface area contributed by atoms with Gasteiger partial charge in [0.25, 0.3) is 0 Å². The Morgan fingerprint density at radius 3 is 2.52 bits per heavy atom. The topological polar surface area (TPSA) is 64.6 Å². The maximum Gasteiger partial charge on any atom is 0.224 e. The summed E-state index contributed by atoms with van der Waals surface area (Å²) in [6.07, 6.45) is 0.984. The Hall–Kier alpha value is -2.66. The zero-order valence-electron chi connectivity index (χ0n) is 14.6. The Kier molecular flexibility index (Phi) is 7.16. The Balaban J connectivity index is 1.71. The molecule has 0 heterocycles. The Bertz CT molecular complexity index is 710. The van der Waals surface area contributed by atoms with Crippen molar-refractivity contribution in [3.63, 3.8) is 0 Å². The van der Waals surface area contributed by atoms with E-state index in [0.29, 0.717) is 37.4 Å². The van der Waals surface area contributed by atoms with Crippen molar-refractivity contribution >= 4 is 17.4 Å². The highest BCUT2D eigenvalue weighted by atomic mass is 16.5. The molecule has 5 nitrogen and oxygen atoms in total. The molecule has 25 heavy (non-hydrogen) atoms. The number of methoxy groups -OCH3 is 1. The van der Waals surface area contributed by atoms with Crippen LogP contribution in [0.3, 0.4) is 0 Å². The van der Waals surface area contributed by atoms with E-state index in [0.717, 1.165) is 11.3 Å². The van der Waals surface area contributed by atoms with E-state index in [2.05, 4.69) is 5.32 Å². The maximum atomic E-state index is 12.0. The van der Waals surface area contributed by atoms with Gasteiger partial charge in [-0.15, -0.1) is 0 Å². The highest BCUT2D eigenvalue weighted by Gasteiger charge is 2.04. The summed E-state index contributed by atoms with van der Waals surface area (Å²) in [4.78, 5) is 23.2. The maximum absolute atomic E-state index is 12.0. The van der Waals surface area contributed by atoms with Crippen molar-refractivity contribution in [2.45, 2.75) is 26.4 Å². The third-order valence-electron chi connectivity index (χ3n) is 3.60. The third kappa shape index (κ3) is 6.39. The fourth-order valence-electron chi connectivity index (χ4n) is 2.34. The van der Waals surface area contributed by atoms with Gasteiger partial charge in [-0.05, 0) is 55.3 Å². The fourth-order valence-corrected chi connectivity index (χ4v) is 2.34. The van der Waals surface area contributed by atoms with Gasteiger partial charge in [-0.1, -0.05) is 12.1 Å². The number of benzene rings is 2. The zero-order chi connectivity index (χ0) is 18.1. The number of carbonyl (C=O) groups is 2. The molecular formula is C20H23NO4. The number of Topliss-reactive ketones (excluding diaryl/α,β-unsaturated/α-hetero) is 1. The number of rotatable bonds is 9. The molecule has 0 fully saturated rings. The smallest absolute Gasteiger partial charge is 0.224 e. The fraction of sp³-hybridized carbons (Fsp3) is 0.300. The van der Waals surface area contributed by atoms with Gasteiger partial charge in [0.15, 0.2) is 5.78 Å². The molecule has 0 aromatic heterocycles. The van der Waals surface area contributed by atoms with Gasteiger partial charge < -0.3 is 14.8 Å². The van der Waals surface area contributed by atoms with Crippen molar-refractivity contribution in [3.8, 4) is 5.75 Å². The van der Waals surface area contributed by atoms with Gasteiger partial charge in [-0.3, -0.25) is 9.59 Å². The first-order valence-electron chi connectivity index (χ1n) is 8.20. The van der Waals surface area contributed by atoms with Crippen LogP contribution < -0.4 is 10.1 Å². The van der Waals surface area contributed by atoms with E-state index in [-0.39, 0.29) is 11.7 Å². The SMILES string of the molecule is COCc1cccc(NC(=O)CCCOc2ccc(C(C)=O)cc2)c1. The van der Waals surface area contributed by atoms with E-state index in [1.54, 1.807) is 31.4 Å². The summed E-state index contributed by atoms with van der Waals surface area (Å²) in [5.74, 6) is 0.667. The second-order valence-electron chi connectivity index (χ2n) is 5.71. The molecule has 2 rings (SSSR count). The van der Waals surface area contributed by atoms with Gasteiger partial charge in [0, 0.05) is 24.8 Å². The van der Waals surface area contributed by atoms with Crippen LogP contribution in [0, 0.1) is 0 Å². The summed E-state index contributed by atoms with van der Waals surface area (Å²) in [6.45, 7) is 2.48. The molecule has 0 aliphatic rings. The van der Waals surface area contributed by atoms with E-state index in [1.165, 1.54) is 6.92 Å². The number of ether oxygens (including phenoxy) is 2. The first kappa shape index (κ1) is 18.7. The summed E-state index contributed by atoms with van der Waals surface area (Å²) in [7, 11) is 1.64. The van der Waals surface area contributed by atoms with E-state index in [1.807, 2.05) is 24.3 Å². The third-order valence-corrected chi connectivity index (χ3v) is 3.60. The minimum Gasteiger partial charge on any atom is -0.494 e. The number of hydrogen-bond acceptors (Lipinski definition) is 4. The van der Waals surface area contributed by atoms with E-state index in [9.17, 15) is 9.59 Å². The molecule has 0 unspecified atom stereocenters. The molecule has 0 bridgehead atoms. The van der Waals surface area contributed by atoms with Gasteiger partial charge in [0.1, 0.15) is 5.75 Å². The largest absolute Gasteiger partial charge is 0.494 e. The van der Waals surface area contributed by atoms with Crippen LogP contribution in [0.1, 0.15) is 35.7 Å². The van der Waals surface area contributed by atoms with Gasteiger partial charge in [0.2, 0.25) is 5.91 Å². The van der Waals surface area contributed by atoms with Crippen LogP contribution in [0.15, 0.2) is 48.5 Å². The van der Waals surface area contributed by atoms with E-state index >= 15 is 0 Å². The minimum atomic E-state index is -0.0508. The lowest BCUT2D eigenvalue weighted by atomic mass is 10.1. The molecule has 0 spiro atoms. The highest BCUT2D eigenvalue weighted by molar-refractivity contribution is 5.94. The van der Waals surface area contributed by atoms with Crippen LogP contribution in [-0.2, 0) is 16.1 Å². The van der Waals surface area contributed by atoms with E-state index < -0.39 is 0 Å². The summed E-state index contributed by atoms with van der Waals surface area (Å²) in [5.41, 5.74) is 2.43. The zero-order valence-corrected chi connectivity index (χ0v) is 14.6. The standard InChI is InChI=1S/C20H23NO4/c1-15(22)17-8-10-19(11-9-17)25-12-4-7-20(23)21-18-6-3-5-16(13-18)14-24-2/h3,5-6,8-11,13H,4,7,12,14H2,1-2H3,(H,21,23). The van der Waals surface area contributed by atoms with Crippen LogP contribution in [-0.4, -0.2) is 25.4 Å². The normalized spacial score (nSPS) is 10.3. The molecule has 0 radical (unpaired) electrons. The highest BCUT2D eigenvalue weighted by Crippen LogP contribution is 2.14. The number of carbonyl (C=O) groups excluding carboxylic acids is 2. The molecule has 2 aromatic carbocycles. The van der Waals surface area contributed by atoms with Crippen molar-refractivity contribution in [1.29, 1.82) is 0 Å². The van der Waals surface area contributed by atoms with Crippen molar-refractivity contribution in [2.75, 3.05) is 19.0 Å². The van der Waals surface area contributed by atoms with Crippen molar-refractivity contribution in [1.82, 2.24) is 0 Å². The summed E-state index contributed by atoms with van der Waals surface area (Å²) < 4.78 is 10.7. The average molecular weight is 341 g/mol. The molecule has 2 aromatic rings. The summed E-state index contributed by atoms with van der Waals surface area (Å²) in [5, 5.41) is 2.87.